The topological polar surface area (TPSA) is 43.8 Å². The SMILES string of the molecule is C=C(C)C1=CN(C)C(=C)N(C)C1=O.C=C(O)[C@@H](CC)CCCC.CC.CCc1c(C)cc(-c2cccc(-c3cccc(C)c3C)c2F)cc1F. The summed E-state index contributed by atoms with van der Waals surface area (Å²) in [7, 11) is 3.56. The Morgan fingerprint density at radius 2 is 1.48 bits per heavy atom. The molecule has 3 aromatic carbocycles. The van der Waals surface area contributed by atoms with Crippen LogP contribution in [0.5, 0.6) is 0 Å². The number of aliphatic hydroxyl groups is 1. The molecule has 4 rings (SSSR count). The van der Waals surface area contributed by atoms with Gasteiger partial charge in [0, 0.05) is 37.3 Å². The van der Waals surface area contributed by atoms with Gasteiger partial charge in [0.05, 0.1) is 11.3 Å². The van der Waals surface area contributed by atoms with Crippen LogP contribution in [0.3, 0.4) is 0 Å². The molecule has 6 heteroatoms. The van der Waals surface area contributed by atoms with Crippen LogP contribution in [0.4, 0.5) is 8.78 Å². The molecule has 0 aromatic heterocycles. The number of unbranched alkanes of at least 4 members (excludes halogenated alkanes) is 1. The molecule has 0 radical (unpaired) electrons. The summed E-state index contributed by atoms with van der Waals surface area (Å²) in [6, 6.07) is 14.5. The van der Waals surface area contributed by atoms with E-state index >= 15 is 4.39 Å². The van der Waals surface area contributed by atoms with Gasteiger partial charge in [-0.1, -0.05) is 110 Å². The van der Waals surface area contributed by atoms with Crippen molar-refractivity contribution in [2.24, 2.45) is 5.92 Å². The second-order valence-corrected chi connectivity index (χ2v) is 12.5. The highest BCUT2D eigenvalue weighted by atomic mass is 19.1. The van der Waals surface area contributed by atoms with Crippen molar-refractivity contribution in [3.05, 3.63) is 131 Å². The Morgan fingerprint density at radius 3 is 2.00 bits per heavy atom. The summed E-state index contributed by atoms with van der Waals surface area (Å²) in [5, 5.41) is 9.04. The summed E-state index contributed by atoms with van der Waals surface area (Å²) in [5.74, 6) is 0.745. The molecule has 0 fully saturated rings. The van der Waals surface area contributed by atoms with Crippen LogP contribution in [0.1, 0.15) is 89.5 Å². The Morgan fingerprint density at radius 1 is 0.900 bits per heavy atom. The molecule has 272 valence electrons. The maximum Gasteiger partial charge on any atom is 0.260 e. The number of carbonyl (C=O) groups excluding carboxylic acids is 1. The van der Waals surface area contributed by atoms with Crippen molar-refractivity contribution in [1.29, 1.82) is 0 Å². The molecule has 50 heavy (non-hydrogen) atoms. The van der Waals surface area contributed by atoms with E-state index in [0.717, 1.165) is 40.7 Å². The van der Waals surface area contributed by atoms with Crippen LogP contribution in [-0.4, -0.2) is 34.9 Å². The van der Waals surface area contributed by atoms with Gasteiger partial charge in [-0.25, -0.2) is 8.78 Å². The van der Waals surface area contributed by atoms with Gasteiger partial charge in [-0.3, -0.25) is 9.69 Å². The average molecular weight is 687 g/mol. The van der Waals surface area contributed by atoms with Crippen molar-refractivity contribution in [3.8, 4) is 22.3 Å². The van der Waals surface area contributed by atoms with E-state index in [0.29, 0.717) is 51.7 Å². The molecule has 1 N–H and O–H groups in total. The molecule has 1 amide bonds. The Labute approximate surface area is 301 Å². The Bertz CT molecular complexity index is 1650. The lowest BCUT2D eigenvalue weighted by atomic mass is 9.92. The minimum absolute atomic E-state index is 0.0457. The van der Waals surface area contributed by atoms with Gasteiger partial charge in [-0.2, -0.15) is 0 Å². The first-order valence-corrected chi connectivity index (χ1v) is 17.7. The molecule has 1 aliphatic rings. The largest absolute Gasteiger partial charge is 0.513 e. The minimum atomic E-state index is -0.306. The highest BCUT2D eigenvalue weighted by Crippen LogP contribution is 2.34. The number of aliphatic hydroxyl groups excluding tert-OH is 1. The van der Waals surface area contributed by atoms with Crippen LogP contribution in [0.25, 0.3) is 22.3 Å². The second-order valence-electron chi connectivity index (χ2n) is 12.5. The Kier molecular flexibility index (Phi) is 18.2. The summed E-state index contributed by atoms with van der Waals surface area (Å²) < 4.78 is 29.6. The zero-order valence-corrected chi connectivity index (χ0v) is 32.4. The van der Waals surface area contributed by atoms with Crippen molar-refractivity contribution >= 4 is 5.91 Å². The Hall–Kier alpha value is -4.45. The van der Waals surface area contributed by atoms with Crippen LogP contribution >= 0.6 is 0 Å². The van der Waals surface area contributed by atoms with E-state index in [1.54, 1.807) is 25.4 Å². The number of likely N-dealkylation sites (N-methyl/N-ethyl adjacent to an activating group) is 1. The zero-order valence-electron chi connectivity index (χ0n) is 32.4. The number of carbonyl (C=O) groups is 1. The smallest absolute Gasteiger partial charge is 0.260 e. The predicted octanol–water partition coefficient (Wildman–Crippen LogP) is 12.4. The first-order valence-electron chi connectivity index (χ1n) is 17.7. The number of hydrogen-bond acceptors (Lipinski definition) is 3. The fourth-order valence-electron chi connectivity index (χ4n) is 5.59. The van der Waals surface area contributed by atoms with Gasteiger partial charge in [0.1, 0.15) is 17.5 Å². The fraction of sp³-hybridized carbons (Fsp3) is 0.386. The summed E-state index contributed by atoms with van der Waals surface area (Å²) in [5.41, 5.74) is 7.58. The Balaban J connectivity index is 0.000000419. The quantitative estimate of drug-likeness (QED) is 0.228. The highest BCUT2D eigenvalue weighted by Gasteiger charge is 2.24. The zero-order chi connectivity index (χ0) is 38.3. The maximum absolute atomic E-state index is 15.3. The van der Waals surface area contributed by atoms with Crippen molar-refractivity contribution in [3.63, 3.8) is 0 Å². The average Bonchev–Trinajstić information content (AvgIpc) is 3.08. The van der Waals surface area contributed by atoms with Crippen molar-refractivity contribution in [1.82, 2.24) is 9.80 Å². The summed E-state index contributed by atoms with van der Waals surface area (Å²) in [4.78, 5) is 15.0. The molecule has 0 unspecified atom stereocenters. The lowest BCUT2D eigenvalue weighted by molar-refractivity contribution is -0.125. The van der Waals surface area contributed by atoms with Crippen molar-refractivity contribution < 1.29 is 18.7 Å². The number of allylic oxidation sites excluding steroid dienone is 1. The lowest BCUT2D eigenvalue weighted by Crippen LogP contribution is -2.38. The predicted molar refractivity (Wildman–Crippen MR) is 210 cm³/mol. The van der Waals surface area contributed by atoms with Gasteiger partial charge in [0.25, 0.3) is 5.91 Å². The highest BCUT2D eigenvalue weighted by molar-refractivity contribution is 5.99. The summed E-state index contributed by atoms with van der Waals surface area (Å²) in [6.07, 6.45) is 6.87. The first kappa shape index (κ1) is 43.6. The van der Waals surface area contributed by atoms with E-state index in [2.05, 4.69) is 33.6 Å². The van der Waals surface area contributed by atoms with Crippen molar-refractivity contribution in [2.75, 3.05) is 14.1 Å². The van der Waals surface area contributed by atoms with E-state index < -0.39 is 0 Å². The van der Waals surface area contributed by atoms with Crippen LogP contribution in [0.15, 0.2) is 97.2 Å². The summed E-state index contributed by atoms with van der Waals surface area (Å²) >= 11 is 0. The molecule has 0 bridgehead atoms. The molecule has 3 aromatic rings. The second kappa shape index (κ2) is 20.9. The van der Waals surface area contributed by atoms with Gasteiger partial charge in [0.15, 0.2) is 0 Å². The molecule has 0 saturated heterocycles. The van der Waals surface area contributed by atoms with Crippen LogP contribution in [-0.2, 0) is 11.2 Å². The van der Waals surface area contributed by atoms with Crippen LogP contribution < -0.4 is 0 Å². The monoisotopic (exact) mass is 686 g/mol. The third-order valence-corrected chi connectivity index (χ3v) is 8.96. The van der Waals surface area contributed by atoms with E-state index in [1.807, 2.05) is 90.7 Å². The number of rotatable bonds is 9. The maximum atomic E-state index is 15.3. The van der Waals surface area contributed by atoms with E-state index in [1.165, 1.54) is 23.8 Å². The normalized spacial score (nSPS) is 12.8. The molecular formula is C44H60F2N2O2. The van der Waals surface area contributed by atoms with Crippen molar-refractivity contribution in [2.45, 2.75) is 94.4 Å². The molecule has 4 nitrogen and oxygen atoms in total. The van der Waals surface area contributed by atoms with E-state index in [9.17, 15) is 9.18 Å². The third-order valence-electron chi connectivity index (χ3n) is 8.96. The van der Waals surface area contributed by atoms with E-state index in [-0.39, 0.29) is 17.5 Å². The van der Waals surface area contributed by atoms with E-state index in [4.69, 9.17) is 5.11 Å². The number of halogens is 2. The number of aryl methyl sites for hydroxylation is 2. The number of hydrogen-bond donors (Lipinski definition) is 1. The first-order chi connectivity index (χ1) is 23.6. The third kappa shape index (κ3) is 11.3. The van der Waals surface area contributed by atoms with Gasteiger partial charge in [0.2, 0.25) is 0 Å². The van der Waals surface area contributed by atoms with Gasteiger partial charge in [-0.15, -0.1) is 0 Å². The van der Waals surface area contributed by atoms with Crippen LogP contribution in [0.2, 0.25) is 0 Å². The molecule has 1 atom stereocenters. The molecular weight excluding hydrogens is 626 g/mol. The van der Waals surface area contributed by atoms with Gasteiger partial charge < -0.3 is 10.0 Å². The van der Waals surface area contributed by atoms with Gasteiger partial charge >= 0.3 is 0 Å². The fourth-order valence-corrected chi connectivity index (χ4v) is 5.59. The molecule has 0 spiro atoms. The molecule has 1 heterocycles. The summed E-state index contributed by atoms with van der Waals surface area (Å²) in [6.45, 7) is 28.9. The number of nitrogens with zero attached hydrogens (tertiary/aromatic N) is 2. The number of amides is 1. The van der Waals surface area contributed by atoms with Gasteiger partial charge in [-0.05, 0) is 92.0 Å². The standard InChI is InChI=1S/C23H22F2.C10H14N2O.C9H18O.C2H6/c1-5-18-15(3)12-17(13-22(18)24)20-10-7-11-21(23(20)25)19-9-6-8-14(2)16(19)4;1-7(2)9-6-11(4)8(3)12(5)10(9)13;1-4-6-7-9(5-2)8(3)10;1-2/h6-13H,5H2,1-4H3;6H,1,3H2,2,4-5H3;9-10H,3-7H2,1-2H3;1-2H3/t;;9-;/m..0./s1. The molecule has 0 aliphatic carbocycles. The minimum Gasteiger partial charge on any atom is -0.513 e. The number of benzene rings is 3. The van der Waals surface area contributed by atoms with Crippen LogP contribution in [0, 0.1) is 38.3 Å². The lowest BCUT2D eigenvalue weighted by Gasteiger charge is -2.32. The molecule has 1 aliphatic heterocycles. The molecule has 0 saturated carbocycles.